The summed E-state index contributed by atoms with van der Waals surface area (Å²) in [5, 5.41) is 3.11. The monoisotopic (exact) mass is 207 g/mol. The minimum atomic E-state index is -2.75. The molecule has 4 heteroatoms. The summed E-state index contributed by atoms with van der Waals surface area (Å²) < 4.78 is 21.6. The van der Waals surface area contributed by atoms with Gasteiger partial charge in [-0.1, -0.05) is 13.3 Å². The molecule has 0 heterocycles. The molecule has 0 spiro atoms. The van der Waals surface area contributed by atoms with E-state index in [0.29, 0.717) is 11.7 Å². The van der Waals surface area contributed by atoms with E-state index in [2.05, 4.69) is 12.2 Å². The number of hydrogen-bond acceptors (Lipinski definition) is 3. The molecule has 1 unspecified atom stereocenters. The van der Waals surface area contributed by atoms with Crippen LogP contribution in [0.2, 0.25) is 0 Å². The highest BCUT2D eigenvalue weighted by atomic mass is 32.2. The Labute approximate surface area is 81.8 Å². The van der Waals surface area contributed by atoms with Gasteiger partial charge in [-0.2, -0.15) is 0 Å². The minimum Gasteiger partial charge on any atom is -0.319 e. The molecule has 1 N–H and O–H groups in total. The lowest BCUT2D eigenvalue weighted by Gasteiger charge is -2.09. The van der Waals surface area contributed by atoms with Crippen molar-refractivity contribution in [3.05, 3.63) is 0 Å². The average molecular weight is 207 g/mol. The molecule has 80 valence electrons. The molecule has 3 nitrogen and oxygen atoms in total. The zero-order chi connectivity index (χ0) is 10.3. The van der Waals surface area contributed by atoms with Crippen LogP contribution in [-0.4, -0.2) is 34.0 Å². The summed E-state index contributed by atoms with van der Waals surface area (Å²) in [6.07, 6.45) is 4.21. The summed E-state index contributed by atoms with van der Waals surface area (Å²) in [5.41, 5.74) is 0. The van der Waals surface area contributed by atoms with Crippen LogP contribution in [0.4, 0.5) is 0 Å². The molecule has 0 rings (SSSR count). The smallest absolute Gasteiger partial charge is 0.147 e. The van der Waals surface area contributed by atoms with Gasteiger partial charge in [0.15, 0.2) is 0 Å². The molecule has 0 aliphatic carbocycles. The zero-order valence-electron chi connectivity index (χ0n) is 8.84. The number of sulfone groups is 1. The van der Waals surface area contributed by atoms with Crippen molar-refractivity contribution in [1.29, 1.82) is 0 Å². The van der Waals surface area contributed by atoms with Crippen LogP contribution in [0.15, 0.2) is 0 Å². The van der Waals surface area contributed by atoms with Crippen LogP contribution < -0.4 is 5.32 Å². The van der Waals surface area contributed by atoms with Gasteiger partial charge in [-0.3, -0.25) is 0 Å². The fourth-order valence-corrected chi connectivity index (χ4v) is 2.04. The fraction of sp³-hybridized carbons (Fsp3) is 1.00. The molecule has 0 fully saturated rings. The molecule has 0 saturated heterocycles. The summed E-state index contributed by atoms with van der Waals surface area (Å²) in [6.45, 7) is 3.19. The number of nitrogens with one attached hydrogen (secondary N) is 1. The Morgan fingerprint density at radius 2 is 1.92 bits per heavy atom. The molecular formula is C9H21NO2S. The van der Waals surface area contributed by atoms with Crippen molar-refractivity contribution >= 4 is 9.84 Å². The summed E-state index contributed by atoms with van der Waals surface area (Å²) in [5.74, 6) is 0.976. The lowest BCUT2D eigenvalue weighted by atomic mass is 10.1. The molecule has 0 bridgehead atoms. The van der Waals surface area contributed by atoms with E-state index in [1.807, 2.05) is 7.05 Å². The summed E-state index contributed by atoms with van der Waals surface area (Å²) in [4.78, 5) is 0. The van der Waals surface area contributed by atoms with Gasteiger partial charge in [0.1, 0.15) is 9.84 Å². The van der Waals surface area contributed by atoms with Gasteiger partial charge in [-0.25, -0.2) is 8.42 Å². The second-order valence-electron chi connectivity index (χ2n) is 3.79. The molecule has 0 aromatic carbocycles. The topological polar surface area (TPSA) is 46.2 Å². The molecule has 0 aromatic heterocycles. The highest BCUT2D eigenvalue weighted by molar-refractivity contribution is 7.90. The van der Waals surface area contributed by atoms with Crippen LogP contribution in [0, 0.1) is 5.92 Å². The molecule has 0 radical (unpaired) electrons. The standard InChI is InChI=1S/C9H21NO2S/c1-9(8-10-2)6-4-5-7-13(3,11)12/h9-10H,4-8H2,1-3H3. The van der Waals surface area contributed by atoms with Crippen molar-refractivity contribution in [3.63, 3.8) is 0 Å². The van der Waals surface area contributed by atoms with Crippen molar-refractivity contribution in [2.45, 2.75) is 26.2 Å². The van der Waals surface area contributed by atoms with Crippen molar-refractivity contribution in [1.82, 2.24) is 5.32 Å². The SMILES string of the molecule is CNCC(C)CCCCS(C)(=O)=O. The number of rotatable bonds is 7. The maximum Gasteiger partial charge on any atom is 0.147 e. The quantitative estimate of drug-likeness (QED) is 0.635. The first-order chi connectivity index (χ1) is 5.95. The molecule has 0 aliphatic heterocycles. The van der Waals surface area contributed by atoms with E-state index in [1.54, 1.807) is 0 Å². The van der Waals surface area contributed by atoms with E-state index in [-0.39, 0.29) is 0 Å². The van der Waals surface area contributed by atoms with Gasteiger partial charge >= 0.3 is 0 Å². The Kier molecular flexibility index (Phi) is 6.33. The lowest BCUT2D eigenvalue weighted by Crippen LogP contribution is -2.16. The van der Waals surface area contributed by atoms with Crippen LogP contribution in [0.5, 0.6) is 0 Å². The molecule has 0 saturated carbocycles. The third kappa shape index (κ3) is 9.83. The van der Waals surface area contributed by atoms with Gasteiger partial charge in [-0.05, 0) is 32.4 Å². The maximum absolute atomic E-state index is 10.8. The van der Waals surface area contributed by atoms with Gasteiger partial charge in [0, 0.05) is 12.0 Å². The van der Waals surface area contributed by atoms with Gasteiger partial charge < -0.3 is 5.32 Å². The summed E-state index contributed by atoms with van der Waals surface area (Å²) in [7, 11) is -0.812. The first-order valence-electron chi connectivity index (χ1n) is 4.78. The van der Waals surface area contributed by atoms with Crippen LogP contribution in [0.3, 0.4) is 0 Å². The Balaban J connectivity index is 3.36. The highest BCUT2D eigenvalue weighted by Crippen LogP contribution is 2.07. The van der Waals surface area contributed by atoms with Crippen LogP contribution in [0.25, 0.3) is 0 Å². The predicted octanol–water partition coefficient (Wildman–Crippen LogP) is 1.06. The van der Waals surface area contributed by atoms with Crippen molar-refractivity contribution in [2.24, 2.45) is 5.92 Å². The molecule has 0 aliphatic rings. The first kappa shape index (κ1) is 12.9. The van der Waals surface area contributed by atoms with Gasteiger partial charge in [-0.15, -0.1) is 0 Å². The third-order valence-corrected chi connectivity index (χ3v) is 3.04. The molecular weight excluding hydrogens is 186 g/mol. The van der Waals surface area contributed by atoms with Gasteiger partial charge in [0.05, 0.1) is 0 Å². The zero-order valence-corrected chi connectivity index (χ0v) is 9.65. The number of unbranched alkanes of at least 4 members (excludes halogenated alkanes) is 1. The highest BCUT2D eigenvalue weighted by Gasteiger charge is 2.03. The fourth-order valence-electron chi connectivity index (χ4n) is 1.31. The van der Waals surface area contributed by atoms with Crippen molar-refractivity contribution in [2.75, 3.05) is 25.6 Å². The van der Waals surface area contributed by atoms with E-state index >= 15 is 0 Å². The van der Waals surface area contributed by atoms with Crippen LogP contribution in [-0.2, 0) is 9.84 Å². The second kappa shape index (κ2) is 6.38. The van der Waals surface area contributed by atoms with Gasteiger partial charge in [0.2, 0.25) is 0 Å². The Hall–Kier alpha value is -0.0900. The lowest BCUT2D eigenvalue weighted by molar-refractivity contribution is 0.482. The van der Waals surface area contributed by atoms with Crippen molar-refractivity contribution in [3.8, 4) is 0 Å². The van der Waals surface area contributed by atoms with Crippen LogP contribution in [0.1, 0.15) is 26.2 Å². The predicted molar refractivity (Wildman–Crippen MR) is 56.7 cm³/mol. The molecule has 1 atom stereocenters. The molecule has 0 amide bonds. The maximum atomic E-state index is 10.8. The Morgan fingerprint density at radius 3 is 2.38 bits per heavy atom. The Morgan fingerprint density at radius 1 is 1.31 bits per heavy atom. The Bertz CT molecular complexity index is 212. The second-order valence-corrected chi connectivity index (χ2v) is 6.05. The largest absolute Gasteiger partial charge is 0.319 e. The normalized spacial score (nSPS) is 14.4. The minimum absolute atomic E-state index is 0.333. The average Bonchev–Trinajstić information content (AvgIpc) is 1.97. The van der Waals surface area contributed by atoms with E-state index in [9.17, 15) is 8.42 Å². The van der Waals surface area contributed by atoms with Crippen LogP contribution >= 0.6 is 0 Å². The van der Waals surface area contributed by atoms with Gasteiger partial charge in [0.25, 0.3) is 0 Å². The first-order valence-corrected chi connectivity index (χ1v) is 6.84. The van der Waals surface area contributed by atoms with E-state index in [1.165, 1.54) is 6.26 Å². The molecule has 13 heavy (non-hydrogen) atoms. The third-order valence-electron chi connectivity index (χ3n) is 2.01. The number of hydrogen-bond donors (Lipinski definition) is 1. The van der Waals surface area contributed by atoms with E-state index in [4.69, 9.17) is 0 Å². The molecule has 0 aromatic rings. The van der Waals surface area contributed by atoms with E-state index in [0.717, 1.165) is 25.8 Å². The summed E-state index contributed by atoms with van der Waals surface area (Å²) >= 11 is 0. The van der Waals surface area contributed by atoms with E-state index < -0.39 is 9.84 Å². The summed E-state index contributed by atoms with van der Waals surface area (Å²) in [6, 6.07) is 0. The van der Waals surface area contributed by atoms with Crippen molar-refractivity contribution < 1.29 is 8.42 Å².